The number of nitrogens with one attached hydrogen (secondary N) is 1. The molecular weight excluding hydrogens is 502 g/mol. The Balaban J connectivity index is 1.86. The minimum atomic E-state index is -3.81. The number of amides is 2. The highest BCUT2D eigenvalue weighted by atomic mass is 32.2. The Morgan fingerprint density at radius 2 is 1.53 bits per heavy atom. The van der Waals surface area contributed by atoms with Gasteiger partial charge < -0.3 is 15.0 Å². The number of anilines is 1. The molecule has 0 saturated carbocycles. The number of para-hydroxylation sites is 1. The van der Waals surface area contributed by atoms with E-state index < -0.39 is 28.5 Å². The highest BCUT2D eigenvalue weighted by Crippen LogP contribution is 2.26. The van der Waals surface area contributed by atoms with Gasteiger partial charge in [0.1, 0.15) is 24.1 Å². The third kappa shape index (κ3) is 7.82. The van der Waals surface area contributed by atoms with Crippen LogP contribution in [0.1, 0.15) is 31.4 Å². The second kappa shape index (κ2) is 13.1. The van der Waals surface area contributed by atoms with Crippen molar-refractivity contribution < 1.29 is 22.7 Å². The van der Waals surface area contributed by atoms with E-state index in [1.54, 1.807) is 31.2 Å². The maximum atomic E-state index is 13.6. The molecule has 0 saturated heterocycles. The molecule has 3 aromatic carbocycles. The first kappa shape index (κ1) is 28.7. The van der Waals surface area contributed by atoms with Crippen molar-refractivity contribution in [2.45, 2.75) is 39.8 Å². The van der Waals surface area contributed by atoms with Gasteiger partial charge in [-0.25, -0.2) is 8.42 Å². The minimum absolute atomic E-state index is 0.174. The summed E-state index contributed by atoms with van der Waals surface area (Å²) in [6.45, 7) is 5.75. The van der Waals surface area contributed by atoms with Gasteiger partial charge in [0.05, 0.1) is 11.9 Å². The number of benzene rings is 3. The molecule has 0 unspecified atom stereocenters. The van der Waals surface area contributed by atoms with Gasteiger partial charge in [-0.3, -0.25) is 13.9 Å². The smallest absolute Gasteiger partial charge is 0.244 e. The monoisotopic (exact) mass is 537 g/mol. The average Bonchev–Trinajstić information content (AvgIpc) is 2.90. The van der Waals surface area contributed by atoms with Crippen LogP contribution in [0.3, 0.4) is 0 Å². The fourth-order valence-electron chi connectivity index (χ4n) is 3.87. The number of carbonyl (C=O) groups excluding carboxylic acids is 2. The Bertz CT molecular complexity index is 1330. The van der Waals surface area contributed by atoms with Crippen molar-refractivity contribution in [1.29, 1.82) is 0 Å². The normalized spacial score (nSPS) is 11.9. The van der Waals surface area contributed by atoms with Crippen LogP contribution in [-0.4, -0.2) is 50.5 Å². The van der Waals surface area contributed by atoms with E-state index in [1.165, 1.54) is 4.90 Å². The summed E-state index contributed by atoms with van der Waals surface area (Å²) >= 11 is 0. The number of nitrogens with zero attached hydrogens (tertiary/aromatic N) is 2. The van der Waals surface area contributed by atoms with Crippen molar-refractivity contribution in [2.75, 3.05) is 23.7 Å². The number of ether oxygens (including phenoxy) is 1. The maximum absolute atomic E-state index is 13.6. The zero-order chi connectivity index (χ0) is 27.7. The van der Waals surface area contributed by atoms with E-state index in [1.807, 2.05) is 68.4 Å². The van der Waals surface area contributed by atoms with Gasteiger partial charge >= 0.3 is 0 Å². The van der Waals surface area contributed by atoms with Crippen LogP contribution in [0, 0.1) is 6.92 Å². The van der Waals surface area contributed by atoms with Crippen molar-refractivity contribution in [3.05, 3.63) is 90.0 Å². The molecule has 0 aliphatic heterocycles. The quantitative estimate of drug-likeness (QED) is 0.367. The van der Waals surface area contributed by atoms with Gasteiger partial charge in [-0.05, 0) is 67.8 Å². The van der Waals surface area contributed by atoms with Gasteiger partial charge in [0.15, 0.2) is 0 Å². The van der Waals surface area contributed by atoms with Crippen LogP contribution in [0.2, 0.25) is 0 Å². The number of carbonyl (C=O) groups is 2. The highest BCUT2D eigenvalue weighted by molar-refractivity contribution is 7.92. The van der Waals surface area contributed by atoms with E-state index >= 15 is 0 Å². The molecule has 0 heterocycles. The van der Waals surface area contributed by atoms with Gasteiger partial charge in [0.2, 0.25) is 21.8 Å². The summed E-state index contributed by atoms with van der Waals surface area (Å²) in [6, 6.07) is 22.5. The molecule has 0 aromatic heterocycles. The van der Waals surface area contributed by atoms with Crippen molar-refractivity contribution in [1.82, 2.24) is 10.2 Å². The third-order valence-corrected chi connectivity index (χ3v) is 7.24. The lowest BCUT2D eigenvalue weighted by Crippen LogP contribution is -2.51. The second-order valence-corrected chi connectivity index (χ2v) is 11.0. The first-order valence-electron chi connectivity index (χ1n) is 12.5. The summed E-state index contributed by atoms with van der Waals surface area (Å²) in [6.07, 6.45) is 1.81. The minimum Gasteiger partial charge on any atom is -0.457 e. The zero-order valence-corrected chi connectivity index (χ0v) is 23.1. The zero-order valence-electron chi connectivity index (χ0n) is 22.3. The predicted molar refractivity (Wildman–Crippen MR) is 150 cm³/mol. The molecule has 8 nitrogen and oxygen atoms in total. The molecule has 3 rings (SSSR count). The second-order valence-electron chi connectivity index (χ2n) is 9.09. The molecule has 202 valence electrons. The summed E-state index contributed by atoms with van der Waals surface area (Å²) in [4.78, 5) is 27.9. The number of hydrogen-bond donors (Lipinski definition) is 1. The number of sulfonamides is 1. The molecule has 3 aromatic rings. The molecule has 1 N–H and O–H groups in total. The first-order chi connectivity index (χ1) is 18.1. The van der Waals surface area contributed by atoms with Gasteiger partial charge in [-0.1, -0.05) is 49.4 Å². The molecule has 38 heavy (non-hydrogen) atoms. The summed E-state index contributed by atoms with van der Waals surface area (Å²) in [5, 5.41) is 2.83. The van der Waals surface area contributed by atoms with Crippen molar-refractivity contribution in [2.24, 2.45) is 0 Å². The number of rotatable bonds is 12. The van der Waals surface area contributed by atoms with Crippen LogP contribution in [0.25, 0.3) is 0 Å². The molecule has 2 amide bonds. The fourth-order valence-corrected chi connectivity index (χ4v) is 4.72. The topological polar surface area (TPSA) is 96.0 Å². The molecular formula is C29H35N3O5S. The molecule has 0 aliphatic rings. The molecule has 0 aliphatic carbocycles. The molecule has 0 spiro atoms. The summed E-state index contributed by atoms with van der Waals surface area (Å²) < 4.78 is 32.4. The molecule has 0 radical (unpaired) electrons. The van der Waals surface area contributed by atoms with E-state index in [0.717, 1.165) is 28.1 Å². The first-order valence-corrected chi connectivity index (χ1v) is 14.4. The van der Waals surface area contributed by atoms with Crippen LogP contribution in [0.15, 0.2) is 78.9 Å². The lowest BCUT2D eigenvalue weighted by Gasteiger charge is -2.32. The van der Waals surface area contributed by atoms with Gasteiger partial charge in [0.25, 0.3) is 0 Å². The van der Waals surface area contributed by atoms with Crippen LogP contribution >= 0.6 is 0 Å². The van der Waals surface area contributed by atoms with Gasteiger partial charge in [-0.2, -0.15) is 0 Å². The molecule has 1 atom stereocenters. The molecule has 9 heteroatoms. The van der Waals surface area contributed by atoms with E-state index in [4.69, 9.17) is 4.74 Å². The Labute approximate surface area is 225 Å². The lowest BCUT2D eigenvalue weighted by atomic mass is 10.1. The standard InChI is InChI=1S/C29H35N3O5S/c1-5-19-30-29(34)23(3)31(20-24-12-10-9-11-22(24)2)28(33)21-32(38(4,35)36)25-15-17-27(18-16-25)37-26-13-7-6-8-14-26/h6-18,23H,5,19-21H2,1-4H3,(H,30,34)/t23-/m0/s1. The fraction of sp³-hybridized carbons (Fsp3) is 0.310. The predicted octanol–water partition coefficient (Wildman–Crippen LogP) is 4.50. The lowest BCUT2D eigenvalue weighted by molar-refractivity contribution is -0.139. The largest absolute Gasteiger partial charge is 0.457 e. The van der Waals surface area contributed by atoms with Crippen LogP contribution in [0.4, 0.5) is 5.69 Å². The van der Waals surface area contributed by atoms with E-state index in [0.29, 0.717) is 23.7 Å². The Kier molecular flexibility index (Phi) is 9.90. The summed E-state index contributed by atoms with van der Waals surface area (Å²) in [5.74, 6) is 0.407. The Hall–Kier alpha value is -3.85. The maximum Gasteiger partial charge on any atom is 0.244 e. The van der Waals surface area contributed by atoms with Gasteiger partial charge in [0, 0.05) is 13.1 Å². The Morgan fingerprint density at radius 3 is 2.13 bits per heavy atom. The van der Waals surface area contributed by atoms with Crippen LogP contribution in [-0.2, 0) is 26.2 Å². The van der Waals surface area contributed by atoms with E-state index in [-0.39, 0.29) is 12.5 Å². The van der Waals surface area contributed by atoms with Crippen molar-refractivity contribution in [3.8, 4) is 11.5 Å². The van der Waals surface area contributed by atoms with Gasteiger partial charge in [-0.15, -0.1) is 0 Å². The highest BCUT2D eigenvalue weighted by Gasteiger charge is 2.30. The number of hydrogen-bond acceptors (Lipinski definition) is 5. The van der Waals surface area contributed by atoms with Crippen LogP contribution in [0.5, 0.6) is 11.5 Å². The van der Waals surface area contributed by atoms with E-state index in [2.05, 4.69) is 5.32 Å². The summed E-state index contributed by atoms with van der Waals surface area (Å²) in [7, 11) is -3.81. The SMILES string of the molecule is CCCNC(=O)[C@H](C)N(Cc1ccccc1C)C(=O)CN(c1ccc(Oc2ccccc2)cc1)S(C)(=O)=O. The average molecular weight is 538 g/mol. The third-order valence-electron chi connectivity index (χ3n) is 6.10. The van der Waals surface area contributed by atoms with Crippen molar-refractivity contribution >= 4 is 27.5 Å². The number of aryl methyl sites for hydroxylation is 1. The molecule has 0 bridgehead atoms. The Morgan fingerprint density at radius 1 is 0.921 bits per heavy atom. The molecule has 0 fully saturated rings. The summed E-state index contributed by atoms with van der Waals surface area (Å²) in [5.41, 5.74) is 2.17. The van der Waals surface area contributed by atoms with Crippen molar-refractivity contribution in [3.63, 3.8) is 0 Å². The van der Waals surface area contributed by atoms with Crippen LogP contribution < -0.4 is 14.4 Å². The van der Waals surface area contributed by atoms with E-state index in [9.17, 15) is 18.0 Å².